The molecule has 3 aromatic rings. The minimum absolute atomic E-state index is 0.280. The van der Waals surface area contributed by atoms with Gasteiger partial charge >= 0.3 is 19.0 Å². The SMILES string of the molecule is O=c1c(-c2ccc(OCC(F)(F)F)cc2)c(C(F)(F)F)nc2cc(OC(F)F)ccn12. The molecule has 0 unspecified atom stereocenters. The molecule has 0 saturated carbocycles. The van der Waals surface area contributed by atoms with Gasteiger partial charge in [0, 0.05) is 12.3 Å². The van der Waals surface area contributed by atoms with Crippen LogP contribution < -0.4 is 15.0 Å². The zero-order chi connectivity index (χ0) is 23.0. The molecule has 2 heterocycles. The lowest BCUT2D eigenvalue weighted by atomic mass is 10.0. The Hall–Kier alpha value is -3.38. The summed E-state index contributed by atoms with van der Waals surface area (Å²) in [5.74, 6) is -0.786. The van der Waals surface area contributed by atoms with E-state index in [1.165, 1.54) is 0 Å². The standard InChI is InChI=1S/C18H10F8N2O3/c19-16(20)31-11-5-6-28-12(7-11)27-14(18(24,25)26)13(15(28)29)9-1-3-10(4-2-9)30-8-17(21,22)23/h1-7,16H,8H2. The molecule has 0 aliphatic rings. The van der Waals surface area contributed by atoms with Crippen molar-refractivity contribution in [2.75, 3.05) is 6.61 Å². The fourth-order valence-corrected chi connectivity index (χ4v) is 2.64. The van der Waals surface area contributed by atoms with E-state index in [1.54, 1.807) is 0 Å². The fourth-order valence-electron chi connectivity index (χ4n) is 2.64. The first-order valence-corrected chi connectivity index (χ1v) is 8.23. The third-order valence-corrected chi connectivity index (χ3v) is 3.84. The summed E-state index contributed by atoms with van der Waals surface area (Å²) >= 11 is 0. The molecule has 13 heteroatoms. The number of ether oxygens (including phenoxy) is 2. The highest BCUT2D eigenvalue weighted by atomic mass is 19.4. The highest BCUT2D eigenvalue weighted by Crippen LogP contribution is 2.35. The Kier molecular flexibility index (Phi) is 5.79. The maximum absolute atomic E-state index is 13.6. The smallest absolute Gasteiger partial charge is 0.434 e. The second-order valence-electron chi connectivity index (χ2n) is 6.04. The van der Waals surface area contributed by atoms with Crippen LogP contribution in [0.15, 0.2) is 47.4 Å². The van der Waals surface area contributed by atoms with Gasteiger partial charge in [0.15, 0.2) is 12.3 Å². The average Bonchev–Trinajstić information content (AvgIpc) is 2.65. The molecule has 31 heavy (non-hydrogen) atoms. The van der Waals surface area contributed by atoms with Crippen molar-refractivity contribution in [1.29, 1.82) is 0 Å². The Morgan fingerprint density at radius 1 is 0.968 bits per heavy atom. The van der Waals surface area contributed by atoms with Gasteiger partial charge in [-0.3, -0.25) is 9.20 Å². The van der Waals surface area contributed by atoms with Crippen molar-refractivity contribution in [3.8, 4) is 22.6 Å². The van der Waals surface area contributed by atoms with Crippen LogP contribution in [0.4, 0.5) is 35.1 Å². The van der Waals surface area contributed by atoms with Crippen molar-refractivity contribution < 1.29 is 44.6 Å². The number of halogens is 8. The van der Waals surface area contributed by atoms with Gasteiger partial charge in [0.2, 0.25) is 0 Å². The van der Waals surface area contributed by atoms with Gasteiger partial charge in [-0.15, -0.1) is 0 Å². The molecule has 0 atom stereocenters. The zero-order valence-corrected chi connectivity index (χ0v) is 15.0. The van der Waals surface area contributed by atoms with Gasteiger partial charge in [-0.25, -0.2) is 4.98 Å². The quantitative estimate of drug-likeness (QED) is 0.514. The van der Waals surface area contributed by atoms with Crippen molar-refractivity contribution in [2.24, 2.45) is 0 Å². The summed E-state index contributed by atoms with van der Waals surface area (Å²) in [5, 5.41) is 0. The minimum atomic E-state index is -5.10. The molecule has 0 N–H and O–H groups in total. The summed E-state index contributed by atoms with van der Waals surface area (Å²) in [6.07, 6.45) is -8.81. The second-order valence-corrected chi connectivity index (χ2v) is 6.04. The zero-order valence-electron chi connectivity index (χ0n) is 15.0. The molecule has 0 saturated heterocycles. The highest BCUT2D eigenvalue weighted by Gasteiger charge is 2.38. The first-order valence-electron chi connectivity index (χ1n) is 8.23. The number of hydrogen-bond donors (Lipinski definition) is 0. The van der Waals surface area contributed by atoms with Gasteiger partial charge in [-0.05, 0) is 23.8 Å². The highest BCUT2D eigenvalue weighted by molar-refractivity contribution is 5.68. The predicted molar refractivity (Wildman–Crippen MR) is 90.1 cm³/mol. The first kappa shape index (κ1) is 22.3. The van der Waals surface area contributed by atoms with E-state index in [4.69, 9.17) is 0 Å². The number of alkyl halides is 8. The molecule has 0 fully saturated rings. The monoisotopic (exact) mass is 454 g/mol. The number of pyridine rings is 1. The topological polar surface area (TPSA) is 52.8 Å². The molecule has 1 aromatic carbocycles. The molecule has 3 rings (SSSR count). The van der Waals surface area contributed by atoms with Crippen LogP contribution in [-0.4, -0.2) is 28.8 Å². The van der Waals surface area contributed by atoms with E-state index in [0.717, 1.165) is 42.6 Å². The summed E-state index contributed by atoms with van der Waals surface area (Å²) in [6.45, 7) is -4.85. The van der Waals surface area contributed by atoms with Crippen molar-refractivity contribution in [1.82, 2.24) is 9.38 Å². The van der Waals surface area contributed by atoms with Gasteiger partial charge in [-0.1, -0.05) is 12.1 Å². The van der Waals surface area contributed by atoms with Gasteiger partial charge in [0.05, 0.1) is 5.56 Å². The van der Waals surface area contributed by atoms with Crippen LogP contribution in [0.3, 0.4) is 0 Å². The summed E-state index contributed by atoms with van der Waals surface area (Å²) in [5.41, 5.74) is -4.54. The maximum Gasteiger partial charge on any atom is 0.434 e. The molecule has 0 aliphatic carbocycles. The van der Waals surface area contributed by atoms with Crippen LogP contribution in [-0.2, 0) is 6.18 Å². The molecule has 0 amide bonds. The largest absolute Gasteiger partial charge is 0.484 e. The van der Waals surface area contributed by atoms with Crippen LogP contribution in [0.5, 0.6) is 11.5 Å². The van der Waals surface area contributed by atoms with Crippen molar-refractivity contribution in [3.05, 3.63) is 58.6 Å². The fraction of sp³-hybridized carbons (Fsp3) is 0.222. The summed E-state index contributed by atoms with van der Waals surface area (Å²) in [6, 6.07) is 5.55. The summed E-state index contributed by atoms with van der Waals surface area (Å²) < 4.78 is 111. The molecule has 0 spiro atoms. The lowest BCUT2D eigenvalue weighted by molar-refractivity contribution is -0.153. The number of nitrogens with zero attached hydrogens (tertiary/aromatic N) is 2. The van der Waals surface area contributed by atoms with Crippen LogP contribution in [0, 0.1) is 0 Å². The molecule has 166 valence electrons. The Bertz CT molecular complexity index is 1140. The van der Waals surface area contributed by atoms with E-state index in [0.29, 0.717) is 4.40 Å². The molecular formula is C18H10F8N2O3. The van der Waals surface area contributed by atoms with Crippen molar-refractivity contribution >= 4 is 5.65 Å². The van der Waals surface area contributed by atoms with E-state index >= 15 is 0 Å². The molecule has 2 aromatic heterocycles. The molecular weight excluding hydrogens is 444 g/mol. The minimum Gasteiger partial charge on any atom is -0.484 e. The molecule has 0 aliphatic heterocycles. The van der Waals surface area contributed by atoms with Crippen molar-refractivity contribution in [3.63, 3.8) is 0 Å². The van der Waals surface area contributed by atoms with Crippen LogP contribution in [0.1, 0.15) is 5.69 Å². The average molecular weight is 454 g/mol. The predicted octanol–water partition coefficient (Wildman–Crippen LogP) is 4.92. The van der Waals surface area contributed by atoms with Gasteiger partial charge in [-0.2, -0.15) is 35.1 Å². The summed E-state index contributed by atoms with van der Waals surface area (Å²) in [7, 11) is 0. The number of aromatic nitrogens is 2. The van der Waals surface area contributed by atoms with E-state index in [2.05, 4.69) is 14.5 Å². The third kappa shape index (κ3) is 5.22. The number of rotatable bonds is 5. The molecule has 0 radical (unpaired) electrons. The first-order chi connectivity index (χ1) is 14.3. The van der Waals surface area contributed by atoms with Crippen LogP contribution >= 0.6 is 0 Å². The Morgan fingerprint density at radius 2 is 1.61 bits per heavy atom. The Morgan fingerprint density at radius 3 is 2.16 bits per heavy atom. The van der Waals surface area contributed by atoms with E-state index in [-0.39, 0.29) is 11.3 Å². The second kappa shape index (κ2) is 8.04. The Balaban J connectivity index is 2.10. The van der Waals surface area contributed by atoms with Gasteiger partial charge in [0.1, 0.15) is 17.1 Å². The van der Waals surface area contributed by atoms with E-state index in [9.17, 15) is 39.9 Å². The number of benzene rings is 1. The molecule has 0 bridgehead atoms. The lowest BCUT2D eigenvalue weighted by Gasteiger charge is -2.15. The maximum atomic E-state index is 13.6. The van der Waals surface area contributed by atoms with Crippen LogP contribution in [0.2, 0.25) is 0 Å². The third-order valence-electron chi connectivity index (χ3n) is 3.84. The summed E-state index contributed by atoms with van der Waals surface area (Å²) in [4.78, 5) is 16.1. The van der Waals surface area contributed by atoms with Crippen molar-refractivity contribution in [2.45, 2.75) is 19.0 Å². The van der Waals surface area contributed by atoms with Crippen LogP contribution in [0.25, 0.3) is 16.8 Å². The van der Waals surface area contributed by atoms with E-state index < -0.39 is 53.8 Å². The van der Waals surface area contributed by atoms with E-state index in [1.807, 2.05) is 0 Å². The molecule has 5 nitrogen and oxygen atoms in total. The van der Waals surface area contributed by atoms with Gasteiger partial charge < -0.3 is 9.47 Å². The number of fused-ring (bicyclic) bond motifs is 1. The number of hydrogen-bond acceptors (Lipinski definition) is 4. The Labute approximate surface area is 167 Å². The lowest BCUT2D eigenvalue weighted by Crippen LogP contribution is -2.24. The normalized spacial score (nSPS) is 12.4. The van der Waals surface area contributed by atoms with Gasteiger partial charge in [0.25, 0.3) is 5.56 Å².